The zero-order valence-electron chi connectivity index (χ0n) is 7.51. The molecule has 0 aliphatic carbocycles. The zero-order valence-corrected chi connectivity index (χ0v) is 9.09. The van der Waals surface area contributed by atoms with Crippen LogP contribution in [0.25, 0.3) is 11.0 Å². The standard InChI is InChI=1S/C7H5BrN4O3/c1-3-6(12(14)15)4(8)2-5-7(3)11(13)10-9-5/h2,13H,1H3. The average Bonchev–Trinajstić information content (AvgIpc) is 2.46. The highest BCUT2D eigenvalue weighted by Crippen LogP contribution is 2.33. The first kappa shape index (κ1) is 9.84. The number of hydrogen-bond acceptors (Lipinski definition) is 5. The highest BCUT2D eigenvalue weighted by Gasteiger charge is 2.22. The van der Waals surface area contributed by atoms with Crippen LogP contribution in [0.2, 0.25) is 0 Å². The van der Waals surface area contributed by atoms with Crippen LogP contribution in [-0.2, 0) is 0 Å². The summed E-state index contributed by atoms with van der Waals surface area (Å²) in [7, 11) is 0. The molecule has 0 bridgehead atoms. The molecular formula is C7H5BrN4O3. The highest BCUT2D eigenvalue weighted by molar-refractivity contribution is 9.10. The van der Waals surface area contributed by atoms with Crippen molar-refractivity contribution in [3.8, 4) is 0 Å². The van der Waals surface area contributed by atoms with Crippen molar-refractivity contribution in [2.75, 3.05) is 0 Å². The molecule has 2 aromatic rings. The van der Waals surface area contributed by atoms with Gasteiger partial charge in [0.15, 0.2) is 0 Å². The maximum atomic E-state index is 10.8. The van der Waals surface area contributed by atoms with Crippen LogP contribution in [0.3, 0.4) is 0 Å². The maximum absolute atomic E-state index is 10.8. The van der Waals surface area contributed by atoms with Gasteiger partial charge in [-0.1, -0.05) is 4.85 Å². The first-order chi connectivity index (χ1) is 7.02. The molecule has 0 aliphatic rings. The van der Waals surface area contributed by atoms with Crippen molar-refractivity contribution in [2.45, 2.75) is 6.92 Å². The van der Waals surface area contributed by atoms with Crippen molar-refractivity contribution in [1.29, 1.82) is 0 Å². The van der Waals surface area contributed by atoms with E-state index in [2.05, 4.69) is 26.2 Å². The summed E-state index contributed by atoms with van der Waals surface area (Å²) in [5.74, 6) is 0. The molecule has 0 radical (unpaired) electrons. The van der Waals surface area contributed by atoms with E-state index < -0.39 is 4.92 Å². The molecule has 2 rings (SSSR count). The van der Waals surface area contributed by atoms with Crippen molar-refractivity contribution in [3.05, 3.63) is 26.2 Å². The van der Waals surface area contributed by atoms with Gasteiger partial charge >= 0.3 is 0 Å². The van der Waals surface area contributed by atoms with Gasteiger partial charge in [-0.2, -0.15) is 0 Å². The number of hydrogen-bond donors (Lipinski definition) is 1. The maximum Gasteiger partial charge on any atom is 0.288 e. The molecule has 0 saturated heterocycles. The first-order valence-corrected chi connectivity index (χ1v) is 4.70. The number of rotatable bonds is 1. The van der Waals surface area contributed by atoms with Crippen LogP contribution in [0.4, 0.5) is 5.69 Å². The molecule has 15 heavy (non-hydrogen) atoms. The van der Waals surface area contributed by atoms with E-state index in [1.165, 1.54) is 13.0 Å². The summed E-state index contributed by atoms with van der Waals surface area (Å²) >= 11 is 3.08. The van der Waals surface area contributed by atoms with Gasteiger partial charge in [0.1, 0.15) is 11.0 Å². The van der Waals surface area contributed by atoms with Crippen molar-refractivity contribution in [1.82, 2.24) is 15.2 Å². The third-order valence-corrected chi connectivity index (χ3v) is 2.67. The van der Waals surface area contributed by atoms with Gasteiger partial charge in [-0.25, -0.2) is 0 Å². The van der Waals surface area contributed by atoms with Gasteiger partial charge in [-0.05, 0) is 34.1 Å². The summed E-state index contributed by atoms with van der Waals surface area (Å²) in [4.78, 5) is 10.8. The van der Waals surface area contributed by atoms with Crippen LogP contribution in [0.15, 0.2) is 10.5 Å². The van der Waals surface area contributed by atoms with Gasteiger partial charge in [0.2, 0.25) is 0 Å². The number of aryl methyl sites for hydroxylation is 1. The second kappa shape index (κ2) is 3.16. The molecule has 7 nitrogen and oxygen atoms in total. The summed E-state index contributed by atoms with van der Waals surface area (Å²) in [6.45, 7) is 1.53. The van der Waals surface area contributed by atoms with Crippen molar-refractivity contribution < 1.29 is 10.1 Å². The Labute approximate surface area is 91.5 Å². The number of benzene rings is 1. The van der Waals surface area contributed by atoms with Gasteiger partial charge in [0.05, 0.1) is 15.0 Å². The Morgan fingerprint density at radius 1 is 1.67 bits per heavy atom. The minimum absolute atomic E-state index is 0.0971. The van der Waals surface area contributed by atoms with Gasteiger partial charge in [-0.3, -0.25) is 10.1 Å². The number of aromatic nitrogens is 3. The molecule has 1 aromatic carbocycles. The van der Waals surface area contributed by atoms with Crippen molar-refractivity contribution in [2.24, 2.45) is 0 Å². The van der Waals surface area contributed by atoms with Crippen molar-refractivity contribution >= 4 is 32.7 Å². The minimum atomic E-state index is -0.522. The van der Waals surface area contributed by atoms with E-state index in [-0.39, 0.29) is 11.2 Å². The Kier molecular flexibility index (Phi) is 2.07. The predicted octanol–water partition coefficient (Wildman–Crippen LogP) is 1.65. The molecule has 1 N–H and O–H groups in total. The Bertz CT molecular complexity index is 565. The largest absolute Gasteiger partial charge is 0.410 e. The minimum Gasteiger partial charge on any atom is -0.410 e. The molecule has 78 valence electrons. The van der Waals surface area contributed by atoms with E-state index >= 15 is 0 Å². The van der Waals surface area contributed by atoms with Crippen LogP contribution in [0.1, 0.15) is 5.56 Å². The molecule has 1 heterocycles. The number of halogens is 1. The van der Waals surface area contributed by atoms with Gasteiger partial charge in [0, 0.05) is 0 Å². The van der Waals surface area contributed by atoms with E-state index in [9.17, 15) is 15.3 Å². The summed E-state index contributed by atoms with van der Waals surface area (Å²) < 4.78 is 0.318. The fourth-order valence-electron chi connectivity index (χ4n) is 1.43. The predicted molar refractivity (Wildman–Crippen MR) is 53.8 cm³/mol. The van der Waals surface area contributed by atoms with E-state index in [4.69, 9.17) is 0 Å². The van der Waals surface area contributed by atoms with Crippen molar-refractivity contribution in [3.63, 3.8) is 0 Å². The SMILES string of the molecule is Cc1c([N+](=O)[O-])c(Br)cc2nnn(O)c12. The number of nitro benzene ring substituents is 1. The second-order valence-corrected chi connectivity index (χ2v) is 3.79. The van der Waals surface area contributed by atoms with Crippen LogP contribution >= 0.6 is 15.9 Å². The van der Waals surface area contributed by atoms with Crippen LogP contribution < -0.4 is 0 Å². The smallest absolute Gasteiger partial charge is 0.288 e. The molecule has 0 spiro atoms. The number of nitro groups is 1. The van der Waals surface area contributed by atoms with Crippen LogP contribution in [0, 0.1) is 17.0 Å². The highest BCUT2D eigenvalue weighted by atomic mass is 79.9. The fourth-order valence-corrected chi connectivity index (χ4v) is 2.09. The van der Waals surface area contributed by atoms with Gasteiger partial charge in [0.25, 0.3) is 5.69 Å². The Morgan fingerprint density at radius 2 is 2.33 bits per heavy atom. The summed E-state index contributed by atoms with van der Waals surface area (Å²) in [6.07, 6.45) is 0. The molecule has 0 fully saturated rings. The molecule has 0 aliphatic heterocycles. The normalized spacial score (nSPS) is 10.8. The number of nitrogens with zero attached hydrogens (tertiary/aromatic N) is 4. The van der Waals surface area contributed by atoms with E-state index in [1.54, 1.807) is 0 Å². The molecule has 1 aromatic heterocycles. The summed E-state index contributed by atoms with van der Waals surface area (Å²) in [6, 6.07) is 1.44. The van der Waals surface area contributed by atoms with Crippen LogP contribution in [0.5, 0.6) is 0 Å². The van der Waals surface area contributed by atoms with E-state index in [0.29, 0.717) is 20.4 Å². The monoisotopic (exact) mass is 272 g/mol. The average molecular weight is 273 g/mol. The Balaban J connectivity index is 2.93. The lowest BCUT2D eigenvalue weighted by Gasteiger charge is -2.00. The topological polar surface area (TPSA) is 94.1 Å². The van der Waals surface area contributed by atoms with Gasteiger partial charge in [-0.15, -0.1) is 5.10 Å². The molecule has 0 atom stereocenters. The lowest BCUT2D eigenvalue weighted by Crippen LogP contribution is -1.98. The van der Waals surface area contributed by atoms with E-state index in [0.717, 1.165) is 0 Å². The quantitative estimate of drug-likeness (QED) is 0.484. The molecule has 8 heteroatoms. The van der Waals surface area contributed by atoms with Crippen LogP contribution in [-0.4, -0.2) is 25.3 Å². The summed E-state index contributed by atoms with van der Waals surface area (Å²) in [5.41, 5.74) is 0.856. The molecule has 0 saturated carbocycles. The third-order valence-electron chi connectivity index (χ3n) is 2.06. The fraction of sp³-hybridized carbons (Fsp3) is 0.143. The lowest BCUT2D eigenvalue weighted by atomic mass is 10.1. The van der Waals surface area contributed by atoms with E-state index in [1.807, 2.05) is 0 Å². The molecule has 0 unspecified atom stereocenters. The second-order valence-electron chi connectivity index (χ2n) is 2.94. The first-order valence-electron chi connectivity index (χ1n) is 3.90. The Morgan fingerprint density at radius 3 is 2.93 bits per heavy atom. The number of fused-ring (bicyclic) bond motifs is 1. The zero-order chi connectivity index (χ0) is 11.2. The molecule has 0 amide bonds. The van der Waals surface area contributed by atoms with Gasteiger partial charge < -0.3 is 5.21 Å². The molecular weight excluding hydrogens is 268 g/mol. The third kappa shape index (κ3) is 1.33. The lowest BCUT2D eigenvalue weighted by molar-refractivity contribution is -0.386. The summed E-state index contributed by atoms with van der Waals surface area (Å²) in [5, 5.41) is 27.1. The Hall–Kier alpha value is -1.70.